The van der Waals surface area contributed by atoms with Crippen LogP contribution in [0.2, 0.25) is 0 Å². The van der Waals surface area contributed by atoms with E-state index in [9.17, 15) is 9.59 Å². The lowest BCUT2D eigenvalue weighted by atomic mass is 10.5. The summed E-state index contributed by atoms with van der Waals surface area (Å²) >= 11 is 0. The number of H-pyrrole nitrogens is 1. The number of aromatic nitrogens is 4. The number of esters is 1. The molecular weight excluding hydrogens is 226 g/mol. The van der Waals surface area contributed by atoms with Gasteiger partial charge in [0.15, 0.2) is 5.65 Å². The molecule has 2 aromatic heterocycles. The summed E-state index contributed by atoms with van der Waals surface area (Å²) in [6.45, 7) is 1.68. The van der Waals surface area contributed by atoms with Crippen LogP contribution in [-0.2, 0) is 9.53 Å². The number of ether oxygens (including phenoxy) is 1. The van der Waals surface area contributed by atoms with Crippen LogP contribution >= 0.6 is 0 Å². The summed E-state index contributed by atoms with van der Waals surface area (Å²) in [5, 5.41) is 8.92. The number of anilines is 1. The zero-order valence-electron chi connectivity index (χ0n) is 9.35. The summed E-state index contributed by atoms with van der Waals surface area (Å²) in [4.78, 5) is 26.4. The maximum Gasteiger partial charge on any atom is 0.349 e. The normalized spacial score (nSPS) is 10.5. The van der Waals surface area contributed by atoms with Gasteiger partial charge in [-0.15, -0.1) is 0 Å². The van der Waals surface area contributed by atoms with E-state index in [2.05, 4.69) is 25.2 Å². The molecule has 0 amide bonds. The van der Waals surface area contributed by atoms with Crippen molar-refractivity contribution in [2.75, 3.05) is 19.0 Å². The van der Waals surface area contributed by atoms with Gasteiger partial charge in [0.2, 0.25) is 0 Å². The third kappa shape index (κ3) is 2.10. The lowest BCUT2D eigenvalue weighted by molar-refractivity contribution is -0.138. The van der Waals surface area contributed by atoms with Gasteiger partial charge in [-0.2, -0.15) is 5.10 Å². The second kappa shape index (κ2) is 4.24. The Morgan fingerprint density at radius 1 is 1.65 bits per heavy atom. The molecule has 2 rings (SSSR count). The number of aryl methyl sites for hydroxylation is 1. The molecule has 17 heavy (non-hydrogen) atoms. The fraction of sp³-hybridized carbons (Fsp3) is 0.333. The van der Waals surface area contributed by atoms with Gasteiger partial charge in [-0.05, 0) is 6.92 Å². The van der Waals surface area contributed by atoms with Gasteiger partial charge in [0.1, 0.15) is 18.2 Å². The van der Waals surface area contributed by atoms with Crippen molar-refractivity contribution in [2.24, 2.45) is 0 Å². The zero-order chi connectivity index (χ0) is 12.4. The molecule has 0 saturated heterocycles. The Kier molecular flexibility index (Phi) is 2.77. The molecule has 0 atom stereocenters. The van der Waals surface area contributed by atoms with Crippen LogP contribution in [0.4, 0.5) is 5.82 Å². The van der Waals surface area contributed by atoms with Gasteiger partial charge in [-0.25, -0.2) is 19.3 Å². The molecule has 2 heterocycles. The molecule has 2 N–H and O–H groups in total. The van der Waals surface area contributed by atoms with E-state index < -0.39 is 5.97 Å². The van der Waals surface area contributed by atoms with E-state index in [1.807, 2.05) is 0 Å². The number of carbonyl (C=O) groups is 1. The standard InChI is InChI=1S/C9H11N5O3/c1-5-11-6(10-4-8(15)17-2)3-7-12-13-9(16)14(5)7/h3,10H,4H2,1-2H3,(H,13,16). The number of aromatic amines is 1. The number of hydrogen-bond acceptors (Lipinski definition) is 6. The van der Waals surface area contributed by atoms with Gasteiger partial charge in [0, 0.05) is 6.07 Å². The molecule has 0 spiro atoms. The van der Waals surface area contributed by atoms with Crippen LogP contribution < -0.4 is 11.0 Å². The van der Waals surface area contributed by atoms with Crippen molar-refractivity contribution in [3.63, 3.8) is 0 Å². The zero-order valence-corrected chi connectivity index (χ0v) is 9.35. The number of nitrogens with zero attached hydrogens (tertiary/aromatic N) is 3. The maximum atomic E-state index is 11.3. The van der Waals surface area contributed by atoms with Crippen LogP contribution in [0.1, 0.15) is 5.82 Å². The number of methoxy groups -OCH3 is 1. The summed E-state index contributed by atoms with van der Waals surface area (Å²) in [6, 6.07) is 1.56. The van der Waals surface area contributed by atoms with Gasteiger partial charge >= 0.3 is 11.7 Å². The Bertz CT molecular complexity index is 615. The summed E-state index contributed by atoms with van der Waals surface area (Å²) in [7, 11) is 1.30. The van der Waals surface area contributed by atoms with Crippen molar-refractivity contribution in [1.29, 1.82) is 0 Å². The highest BCUT2D eigenvalue weighted by Gasteiger charge is 2.07. The van der Waals surface area contributed by atoms with Crippen LogP contribution in [0.3, 0.4) is 0 Å². The largest absolute Gasteiger partial charge is 0.468 e. The van der Waals surface area contributed by atoms with Crippen LogP contribution in [-0.4, -0.2) is 39.2 Å². The second-order valence-electron chi connectivity index (χ2n) is 3.34. The number of nitrogens with one attached hydrogen (secondary N) is 2. The Morgan fingerprint density at radius 3 is 3.12 bits per heavy atom. The monoisotopic (exact) mass is 237 g/mol. The quantitative estimate of drug-likeness (QED) is 0.685. The Labute approximate surface area is 95.6 Å². The van der Waals surface area contributed by atoms with Crippen molar-refractivity contribution in [2.45, 2.75) is 6.92 Å². The van der Waals surface area contributed by atoms with Crippen LogP contribution in [0.5, 0.6) is 0 Å². The van der Waals surface area contributed by atoms with E-state index in [0.29, 0.717) is 17.3 Å². The average molecular weight is 237 g/mol. The number of rotatable bonds is 3. The van der Waals surface area contributed by atoms with Crippen molar-refractivity contribution in [1.82, 2.24) is 19.6 Å². The fourth-order valence-electron chi connectivity index (χ4n) is 1.42. The number of fused-ring (bicyclic) bond motifs is 1. The minimum absolute atomic E-state index is 0.00771. The summed E-state index contributed by atoms with van der Waals surface area (Å²) in [5.74, 6) is 0.539. The smallest absolute Gasteiger partial charge is 0.349 e. The Hall–Kier alpha value is -2.38. The van der Waals surface area contributed by atoms with Crippen LogP contribution in [0.15, 0.2) is 10.9 Å². The number of hydrogen-bond donors (Lipinski definition) is 2. The van der Waals surface area contributed by atoms with Crippen molar-refractivity contribution in [3.05, 3.63) is 22.4 Å². The lowest BCUT2D eigenvalue weighted by Gasteiger charge is -2.05. The first-order chi connectivity index (χ1) is 8.11. The first-order valence-electron chi connectivity index (χ1n) is 4.87. The predicted octanol–water partition coefficient (Wildman–Crippen LogP) is -0.689. The highest BCUT2D eigenvalue weighted by atomic mass is 16.5. The van der Waals surface area contributed by atoms with Gasteiger partial charge in [0.25, 0.3) is 0 Å². The van der Waals surface area contributed by atoms with E-state index in [4.69, 9.17) is 0 Å². The average Bonchev–Trinajstić information content (AvgIpc) is 2.68. The van der Waals surface area contributed by atoms with E-state index >= 15 is 0 Å². The second-order valence-corrected chi connectivity index (χ2v) is 3.34. The highest BCUT2D eigenvalue weighted by Crippen LogP contribution is 2.07. The molecule has 0 aliphatic heterocycles. The molecule has 0 radical (unpaired) electrons. The Balaban J connectivity index is 2.31. The first kappa shape index (κ1) is 11.1. The van der Waals surface area contributed by atoms with Gasteiger partial charge in [-0.3, -0.25) is 4.79 Å². The van der Waals surface area contributed by atoms with Gasteiger partial charge in [-0.1, -0.05) is 0 Å². The molecule has 0 aromatic carbocycles. The molecule has 0 aliphatic rings. The predicted molar refractivity (Wildman–Crippen MR) is 58.9 cm³/mol. The summed E-state index contributed by atoms with van der Waals surface area (Å²) < 4.78 is 5.82. The Morgan fingerprint density at radius 2 is 2.41 bits per heavy atom. The summed E-state index contributed by atoms with van der Waals surface area (Å²) in [5.41, 5.74) is 0.0967. The van der Waals surface area contributed by atoms with Crippen molar-refractivity contribution in [3.8, 4) is 0 Å². The molecule has 8 nitrogen and oxygen atoms in total. The maximum absolute atomic E-state index is 11.3. The SMILES string of the molecule is COC(=O)CNc1cc2n[nH]c(=O)n2c(C)n1. The highest BCUT2D eigenvalue weighted by molar-refractivity contribution is 5.74. The molecule has 0 unspecified atom stereocenters. The minimum atomic E-state index is -0.399. The molecule has 8 heteroatoms. The third-order valence-corrected chi connectivity index (χ3v) is 2.21. The van der Waals surface area contributed by atoms with E-state index in [1.165, 1.54) is 11.5 Å². The molecular formula is C9H11N5O3. The van der Waals surface area contributed by atoms with E-state index in [-0.39, 0.29) is 12.2 Å². The van der Waals surface area contributed by atoms with Crippen LogP contribution in [0, 0.1) is 6.92 Å². The molecule has 0 fully saturated rings. The fourth-order valence-corrected chi connectivity index (χ4v) is 1.42. The molecule has 0 saturated carbocycles. The lowest BCUT2D eigenvalue weighted by Crippen LogP contribution is -2.18. The number of carbonyl (C=O) groups excluding carboxylic acids is 1. The van der Waals surface area contributed by atoms with E-state index in [0.717, 1.165) is 0 Å². The van der Waals surface area contributed by atoms with Crippen LogP contribution in [0.25, 0.3) is 5.65 Å². The summed E-state index contributed by atoms with van der Waals surface area (Å²) in [6.07, 6.45) is 0. The van der Waals surface area contributed by atoms with Crippen molar-refractivity contribution < 1.29 is 9.53 Å². The topological polar surface area (TPSA) is 101 Å². The van der Waals surface area contributed by atoms with E-state index in [1.54, 1.807) is 13.0 Å². The van der Waals surface area contributed by atoms with Gasteiger partial charge < -0.3 is 10.1 Å². The molecule has 0 bridgehead atoms. The molecule has 2 aromatic rings. The minimum Gasteiger partial charge on any atom is -0.468 e. The third-order valence-electron chi connectivity index (χ3n) is 2.21. The van der Waals surface area contributed by atoms with Crippen molar-refractivity contribution >= 4 is 17.4 Å². The molecule has 90 valence electrons. The van der Waals surface area contributed by atoms with Gasteiger partial charge in [0.05, 0.1) is 7.11 Å². The first-order valence-corrected chi connectivity index (χ1v) is 4.87. The molecule has 0 aliphatic carbocycles.